The predicted octanol–water partition coefficient (Wildman–Crippen LogP) is 1.38. The quantitative estimate of drug-likeness (QED) is 0.912. The molecule has 110 valence electrons. The Labute approximate surface area is 118 Å². The molecule has 1 heterocycles. The van der Waals surface area contributed by atoms with Gasteiger partial charge in [0.15, 0.2) is 9.84 Å². The smallest absolute Gasteiger partial charge is 0.188 e. The summed E-state index contributed by atoms with van der Waals surface area (Å²) >= 11 is 0. The van der Waals surface area contributed by atoms with Crippen molar-refractivity contribution < 1.29 is 17.5 Å². The summed E-state index contributed by atoms with van der Waals surface area (Å²) in [5.41, 5.74) is 6.58. The summed E-state index contributed by atoms with van der Waals surface area (Å²) in [7, 11) is -3.63. The number of ether oxygens (including phenoxy) is 1. The van der Waals surface area contributed by atoms with Gasteiger partial charge in [-0.2, -0.15) is 0 Å². The van der Waals surface area contributed by atoms with Crippen molar-refractivity contribution in [3.63, 3.8) is 0 Å². The van der Waals surface area contributed by atoms with E-state index in [-0.39, 0.29) is 29.6 Å². The first kappa shape index (κ1) is 14.0. The summed E-state index contributed by atoms with van der Waals surface area (Å²) in [5, 5.41) is -0.619. The summed E-state index contributed by atoms with van der Waals surface area (Å²) in [4.78, 5) is -0.227. The maximum atomic E-state index is 14.2. The summed E-state index contributed by atoms with van der Waals surface area (Å²) in [6, 6.07) is 4.35. The minimum absolute atomic E-state index is 0.0654. The van der Waals surface area contributed by atoms with Crippen molar-refractivity contribution >= 4 is 9.84 Å². The number of hydrogen-bond acceptors (Lipinski definition) is 4. The molecule has 1 aromatic rings. The zero-order valence-corrected chi connectivity index (χ0v) is 12.1. The van der Waals surface area contributed by atoms with Crippen LogP contribution in [0.1, 0.15) is 25.3 Å². The Morgan fingerprint density at radius 1 is 1.40 bits per heavy atom. The Bertz CT molecular complexity index is 634. The van der Waals surface area contributed by atoms with E-state index in [1.54, 1.807) is 6.07 Å². The monoisotopic (exact) mass is 299 g/mol. The van der Waals surface area contributed by atoms with Gasteiger partial charge in [-0.3, -0.25) is 0 Å². The second kappa shape index (κ2) is 4.51. The normalized spacial score (nSPS) is 23.1. The van der Waals surface area contributed by atoms with Crippen LogP contribution in [0.15, 0.2) is 23.1 Å². The molecule has 0 radical (unpaired) electrons. The fourth-order valence-electron chi connectivity index (χ4n) is 2.76. The summed E-state index contributed by atoms with van der Waals surface area (Å²) < 4.78 is 43.5. The van der Waals surface area contributed by atoms with Crippen molar-refractivity contribution in [3.05, 3.63) is 29.6 Å². The predicted molar refractivity (Wildman–Crippen MR) is 72.8 cm³/mol. The molecule has 1 atom stereocenters. The van der Waals surface area contributed by atoms with Gasteiger partial charge in [-0.15, -0.1) is 0 Å². The molecule has 4 nitrogen and oxygen atoms in total. The van der Waals surface area contributed by atoms with Gasteiger partial charge in [-0.05, 0) is 37.5 Å². The van der Waals surface area contributed by atoms with Gasteiger partial charge >= 0.3 is 0 Å². The van der Waals surface area contributed by atoms with Gasteiger partial charge < -0.3 is 10.5 Å². The largest absolute Gasteiger partial charge is 0.379 e. The van der Waals surface area contributed by atoms with E-state index in [2.05, 4.69) is 0 Å². The number of benzene rings is 1. The van der Waals surface area contributed by atoms with Crippen molar-refractivity contribution in [2.45, 2.75) is 41.4 Å². The molecule has 0 spiro atoms. The maximum absolute atomic E-state index is 14.2. The SMILES string of the molecule is CC(N)C1(c2ccc(S(=O)(=O)C3COC3)c(F)c2)CC1. The highest BCUT2D eigenvalue weighted by Gasteiger charge is 2.48. The maximum Gasteiger partial charge on any atom is 0.188 e. The molecule has 1 saturated carbocycles. The number of halogens is 1. The van der Waals surface area contributed by atoms with Crippen LogP contribution >= 0.6 is 0 Å². The Balaban J connectivity index is 1.96. The van der Waals surface area contributed by atoms with Crippen LogP contribution in [0.5, 0.6) is 0 Å². The van der Waals surface area contributed by atoms with Crippen LogP contribution < -0.4 is 5.73 Å². The summed E-state index contributed by atoms with van der Waals surface area (Å²) in [6.45, 7) is 2.20. The van der Waals surface area contributed by atoms with Crippen LogP contribution in [0, 0.1) is 5.82 Å². The van der Waals surface area contributed by atoms with Gasteiger partial charge in [0.05, 0.1) is 13.2 Å². The second-order valence-corrected chi connectivity index (χ2v) is 7.99. The number of nitrogens with two attached hydrogens (primary N) is 1. The molecule has 20 heavy (non-hydrogen) atoms. The average Bonchev–Trinajstić information content (AvgIpc) is 3.05. The van der Waals surface area contributed by atoms with E-state index in [1.165, 1.54) is 12.1 Å². The second-order valence-electron chi connectivity index (χ2n) is 5.79. The van der Waals surface area contributed by atoms with Crippen molar-refractivity contribution in [3.8, 4) is 0 Å². The molecule has 1 saturated heterocycles. The third-order valence-corrected chi connectivity index (χ3v) is 6.61. The third kappa shape index (κ3) is 1.98. The van der Waals surface area contributed by atoms with Gasteiger partial charge in [0.2, 0.25) is 0 Å². The lowest BCUT2D eigenvalue weighted by Gasteiger charge is -2.26. The van der Waals surface area contributed by atoms with Crippen molar-refractivity contribution in [2.24, 2.45) is 5.73 Å². The molecular weight excluding hydrogens is 281 g/mol. The molecule has 0 amide bonds. The molecule has 0 aromatic heterocycles. The molecule has 1 aliphatic carbocycles. The highest BCUT2D eigenvalue weighted by molar-refractivity contribution is 7.92. The van der Waals surface area contributed by atoms with Crippen molar-refractivity contribution in [1.82, 2.24) is 0 Å². The van der Waals surface area contributed by atoms with E-state index in [0.29, 0.717) is 0 Å². The van der Waals surface area contributed by atoms with E-state index in [4.69, 9.17) is 10.5 Å². The first-order valence-corrected chi connectivity index (χ1v) is 8.30. The fraction of sp³-hybridized carbons (Fsp3) is 0.571. The molecule has 3 rings (SSSR count). The zero-order valence-electron chi connectivity index (χ0n) is 11.3. The molecular formula is C14H18FNO3S. The van der Waals surface area contributed by atoms with E-state index in [9.17, 15) is 12.8 Å². The lowest BCUT2D eigenvalue weighted by atomic mass is 9.89. The Hall–Kier alpha value is -0.980. The average molecular weight is 299 g/mol. The minimum atomic E-state index is -3.63. The summed E-state index contributed by atoms with van der Waals surface area (Å²) in [5.74, 6) is -0.679. The molecule has 6 heteroatoms. The lowest BCUT2D eigenvalue weighted by Crippen LogP contribution is -2.41. The van der Waals surface area contributed by atoms with E-state index in [1.807, 2.05) is 6.92 Å². The van der Waals surface area contributed by atoms with Crippen LogP contribution in [-0.2, 0) is 20.0 Å². The molecule has 2 N–H and O–H groups in total. The van der Waals surface area contributed by atoms with E-state index >= 15 is 0 Å². The Morgan fingerprint density at radius 2 is 2.05 bits per heavy atom. The Kier molecular flexibility index (Phi) is 3.15. The van der Waals surface area contributed by atoms with Crippen LogP contribution in [0.2, 0.25) is 0 Å². The molecule has 0 bridgehead atoms. The molecule has 1 aliphatic heterocycles. The van der Waals surface area contributed by atoms with Gasteiger partial charge in [0.25, 0.3) is 0 Å². The number of sulfone groups is 1. The standard InChI is InChI=1S/C14H18FNO3S/c1-9(16)14(4-5-14)10-2-3-13(12(15)6-10)20(17,18)11-7-19-8-11/h2-3,6,9,11H,4-5,7-8,16H2,1H3. The first-order valence-electron chi connectivity index (χ1n) is 6.75. The highest BCUT2D eigenvalue weighted by atomic mass is 32.2. The van der Waals surface area contributed by atoms with Gasteiger partial charge in [-0.1, -0.05) is 6.07 Å². The van der Waals surface area contributed by atoms with Gasteiger partial charge in [-0.25, -0.2) is 12.8 Å². The fourth-order valence-corrected chi connectivity index (χ4v) is 4.25. The summed E-state index contributed by atoms with van der Waals surface area (Å²) in [6.07, 6.45) is 1.85. The first-order chi connectivity index (χ1) is 9.38. The van der Waals surface area contributed by atoms with Crippen LogP contribution in [0.3, 0.4) is 0 Å². The number of rotatable bonds is 4. The van der Waals surface area contributed by atoms with E-state index in [0.717, 1.165) is 18.4 Å². The van der Waals surface area contributed by atoms with Crippen LogP contribution in [0.4, 0.5) is 4.39 Å². The van der Waals surface area contributed by atoms with E-state index < -0.39 is 20.9 Å². The van der Waals surface area contributed by atoms with Crippen LogP contribution in [0.25, 0.3) is 0 Å². The molecule has 1 unspecified atom stereocenters. The molecule has 2 aliphatic rings. The third-order valence-electron chi connectivity index (χ3n) is 4.52. The van der Waals surface area contributed by atoms with Gasteiger partial charge in [0, 0.05) is 11.5 Å². The Morgan fingerprint density at radius 3 is 2.45 bits per heavy atom. The zero-order chi connectivity index (χ0) is 14.5. The molecule has 1 aromatic carbocycles. The van der Waals surface area contributed by atoms with Crippen molar-refractivity contribution in [1.29, 1.82) is 0 Å². The molecule has 2 fully saturated rings. The number of hydrogen-bond donors (Lipinski definition) is 1. The topological polar surface area (TPSA) is 69.4 Å². The van der Waals surface area contributed by atoms with Crippen LogP contribution in [-0.4, -0.2) is 32.9 Å². The van der Waals surface area contributed by atoms with Gasteiger partial charge in [0.1, 0.15) is 16.0 Å². The highest BCUT2D eigenvalue weighted by Crippen LogP contribution is 2.50. The van der Waals surface area contributed by atoms with Crippen molar-refractivity contribution in [2.75, 3.05) is 13.2 Å². The lowest BCUT2D eigenvalue weighted by molar-refractivity contribution is 0.0415. The minimum Gasteiger partial charge on any atom is -0.379 e.